The second-order valence-electron chi connectivity index (χ2n) is 8.63. The molecule has 2 aromatic rings. The Morgan fingerprint density at radius 3 is 2.11 bits per heavy atom. The molecule has 6 heteroatoms. The van der Waals surface area contributed by atoms with E-state index in [0.717, 1.165) is 17.0 Å². The maximum Gasteiger partial charge on any atom is 0.250 e. The number of hydrogen-bond donors (Lipinski definition) is 2. The normalized spacial score (nSPS) is 20.4. The number of amidine groups is 1. The molecule has 1 heterocycles. The molecule has 1 aliphatic heterocycles. The number of hydrogen-bond acceptors (Lipinski definition) is 3. The zero-order chi connectivity index (χ0) is 20.0. The number of nitrogens with zero attached hydrogens (tertiary/aromatic N) is 1. The first-order valence-electron chi connectivity index (χ1n) is 9.19. The van der Waals surface area contributed by atoms with Crippen molar-refractivity contribution in [3.63, 3.8) is 0 Å². The summed E-state index contributed by atoms with van der Waals surface area (Å²) in [5.74, 6) is 0.911. The molecule has 0 bridgehead atoms. The molecule has 1 fully saturated rings. The summed E-state index contributed by atoms with van der Waals surface area (Å²) >= 11 is 0. The number of rotatable bonds is 4. The predicted molar refractivity (Wildman–Crippen MR) is 112 cm³/mol. The average Bonchev–Trinajstić information content (AvgIpc) is 2.60. The smallest absolute Gasteiger partial charge is 0.250 e. The molecule has 0 aliphatic carbocycles. The molecule has 1 aliphatic rings. The van der Waals surface area contributed by atoms with Crippen LogP contribution in [0, 0.1) is 11.2 Å². The van der Waals surface area contributed by atoms with Crippen molar-refractivity contribution in [3.05, 3.63) is 59.9 Å². The first-order chi connectivity index (χ1) is 12.5. The van der Waals surface area contributed by atoms with E-state index in [-0.39, 0.29) is 22.9 Å². The average molecular weight is 386 g/mol. The Balaban J connectivity index is 1.81. The topological polar surface area (TPSA) is 62.3 Å². The molecule has 0 radical (unpaired) electrons. The summed E-state index contributed by atoms with van der Waals surface area (Å²) in [5, 5.41) is 8.32. The number of benzene rings is 2. The van der Waals surface area contributed by atoms with Gasteiger partial charge in [-0.05, 0) is 60.1 Å². The summed E-state index contributed by atoms with van der Waals surface area (Å²) in [6, 6.07) is 13.6. The van der Waals surface area contributed by atoms with E-state index >= 15 is 0 Å². The van der Waals surface area contributed by atoms with Gasteiger partial charge in [-0.1, -0.05) is 32.9 Å². The minimum absolute atomic E-state index is 0.134. The molecule has 1 saturated heterocycles. The Morgan fingerprint density at radius 2 is 1.59 bits per heavy atom. The maximum absolute atomic E-state index is 13.2. The van der Waals surface area contributed by atoms with Crippen molar-refractivity contribution in [2.24, 2.45) is 5.73 Å². The van der Waals surface area contributed by atoms with Gasteiger partial charge in [-0.3, -0.25) is 5.41 Å². The molecule has 4 nitrogen and oxygen atoms in total. The fourth-order valence-corrected chi connectivity index (χ4v) is 4.01. The van der Waals surface area contributed by atoms with Gasteiger partial charge in [-0.2, -0.15) is 0 Å². The van der Waals surface area contributed by atoms with Gasteiger partial charge in [0.1, 0.15) is 17.4 Å². The van der Waals surface area contributed by atoms with E-state index in [1.54, 1.807) is 12.1 Å². The number of anilines is 1. The standard InChI is InChI=1S/C21H28FN3OSi/c1-21(2,3)27(4,5)26-17-12-6-14(7-13-17)19-18(23)20(24)25(19)16-10-8-15(22)9-11-16/h6-13,18-19,24H,23H2,1-5H3/t18-,19-/m1/s1. The van der Waals surface area contributed by atoms with Crippen LogP contribution in [0.4, 0.5) is 10.1 Å². The van der Waals surface area contributed by atoms with Gasteiger partial charge >= 0.3 is 0 Å². The lowest BCUT2D eigenvalue weighted by Crippen LogP contribution is -2.63. The van der Waals surface area contributed by atoms with Gasteiger partial charge in [0.15, 0.2) is 0 Å². The molecular formula is C21H28FN3OSi. The minimum atomic E-state index is -1.89. The predicted octanol–water partition coefficient (Wildman–Crippen LogP) is 5.08. The third kappa shape index (κ3) is 3.64. The monoisotopic (exact) mass is 385 g/mol. The molecule has 3 rings (SSSR count). The molecule has 2 atom stereocenters. The first kappa shape index (κ1) is 19.6. The van der Waals surface area contributed by atoms with Crippen LogP contribution in [0.5, 0.6) is 5.75 Å². The van der Waals surface area contributed by atoms with Crippen LogP contribution < -0.4 is 15.1 Å². The molecule has 0 saturated carbocycles. The summed E-state index contributed by atoms with van der Waals surface area (Å²) < 4.78 is 19.6. The van der Waals surface area contributed by atoms with Gasteiger partial charge in [0.2, 0.25) is 8.32 Å². The van der Waals surface area contributed by atoms with Gasteiger partial charge in [0, 0.05) is 5.69 Å². The molecule has 144 valence electrons. The van der Waals surface area contributed by atoms with Crippen LogP contribution in [0.1, 0.15) is 32.4 Å². The van der Waals surface area contributed by atoms with Crippen molar-refractivity contribution in [2.75, 3.05) is 4.90 Å². The van der Waals surface area contributed by atoms with E-state index in [9.17, 15) is 4.39 Å². The Morgan fingerprint density at radius 1 is 1.04 bits per heavy atom. The van der Waals surface area contributed by atoms with Gasteiger partial charge in [-0.25, -0.2) is 4.39 Å². The molecule has 3 N–H and O–H groups in total. The van der Waals surface area contributed by atoms with Crippen LogP contribution in [-0.4, -0.2) is 20.2 Å². The van der Waals surface area contributed by atoms with E-state index in [1.165, 1.54) is 12.1 Å². The summed E-state index contributed by atoms with van der Waals surface area (Å²) in [5.41, 5.74) is 7.98. The van der Waals surface area contributed by atoms with Gasteiger partial charge in [0.25, 0.3) is 0 Å². The summed E-state index contributed by atoms with van der Waals surface area (Å²) in [6.07, 6.45) is 0. The molecule has 2 aromatic carbocycles. The highest BCUT2D eigenvalue weighted by atomic mass is 28.4. The first-order valence-corrected chi connectivity index (χ1v) is 12.1. The Bertz CT molecular complexity index is 828. The van der Waals surface area contributed by atoms with E-state index in [4.69, 9.17) is 15.6 Å². The molecule has 0 aromatic heterocycles. The zero-order valence-electron chi connectivity index (χ0n) is 16.6. The Labute approximate surface area is 161 Å². The quantitative estimate of drug-likeness (QED) is 0.722. The van der Waals surface area contributed by atoms with Crippen LogP contribution in [0.2, 0.25) is 18.1 Å². The third-order valence-electron chi connectivity index (χ3n) is 5.70. The van der Waals surface area contributed by atoms with Crippen LogP contribution in [0.15, 0.2) is 48.5 Å². The lowest BCUT2D eigenvalue weighted by atomic mass is 9.88. The number of nitrogens with one attached hydrogen (secondary N) is 1. The van der Waals surface area contributed by atoms with E-state index in [1.807, 2.05) is 29.2 Å². The largest absolute Gasteiger partial charge is 0.544 e. The third-order valence-corrected chi connectivity index (χ3v) is 10.1. The SMILES string of the molecule is CC(C)(C)[Si](C)(C)Oc1ccc([C@@H]2[C@@H](N)C(=N)N2c2ccc(F)cc2)cc1. The van der Waals surface area contributed by atoms with Gasteiger partial charge < -0.3 is 15.1 Å². The van der Waals surface area contributed by atoms with E-state index < -0.39 is 8.32 Å². The second kappa shape index (κ2) is 6.76. The highest BCUT2D eigenvalue weighted by Gasteiger charge is 2.44. The van der Waals surface area contributed by atoms with Crippen LogP contribution >= 0.6 is 0 Å². The lowest BCUT2D eigenvalue weighted by molar-refractivity contribution is 0.491. The van der Waals surface area contributed by atoms with E-state index in [2.05, 4.69) is 33.9 Å². The van der Waals surface area contributed by atoms with E-state index in [0.29, 0.717) is 5.84 Å². The summed E-state index contributed by atoms with van der Waals surface area (Å²) in [6.45, 7) is 11.1. The molecule has 27 heavy (non-hydrogen) atoms. The fourth-order valence-electron chi connectivity index (χ4n) is 2.98. The molecule has 0 unspecified atom stereocenters. The second-order valence-corrected chi connectivity index (χ2v) is 13.4. The molecule has 0 spiro atoms. The molecular weight excluding hydrogens is 357 g/mol. The molecule has 0 amide bonds. The number of nitrogens with two attached hydrogens (primary N) is 1. The highest BCUT2D eigenvalue weighted by Crippen LogP contribution is 2.40. The fraction of sp³-hybridized carbons (Fsp3) is 0.381. The maximum atomic E-state index is 13.2. The summed E-state index contributed by atoms with van der Waals surface area (Å²) in [7, 11) is -1.89. The van der Waals surface area contributed by atoms with Crippen molar-refractivity contribution >= 4 is 19.8 Å². The summed E-state index contributed by atoms with van der Waals surface area (Å²) in [4.78, 5) is 1.84. The minimum Gasteiger partial charge on any atom is -0.544 e. The van der Waals surface area contributed by atoms with Crippen molar-refractivity contribution in [1.29, 1.82) is 5.41 Å². The van der Waals surface area contributed by atoms with Crippen molar-refractivity contribution in [3.8, 4) is 5.75 Å². The van der Waals surface area contributed by atoms with Gasteiger partial charge in [0.05, 0.1) is 12.1 Å². The zero-order valence-corrected chi connectivity index (χ0v) is 17.6. The van der Waals surface area contributed by atoms with Gasteiger partial charge in [-0.15, -0.1) is 0 Å². The van der Waals surface area contributed by atoms with Crippen LogP contribution in [-0.2, 0) is 0 Å². The Kier molecular flexibility index (Phi) is 4.90. The number of halogens is 1. The highest BCUT2D eigenvalue weighted by molar-refractivity contribution is 6.74. The van der Waals surface area contributed by atoms with Crippen LogP contribution in [0.25, 0.3) is 0 Å². The van der Waals surface area contributed by atoms with Crippen molar-refractivity contribution in [1.82, 2.24) is 0 Å². The Hall–Kier alpha value is -2.18. The van der Waals surface area contributed by atoms with Crippen molar-refractivity contribution in [2.45, 2.75) is 51.0 Å². The lowest BCUT2D eigenvalue weighted by Gasteiger charge is -2.48. The van der Waals surface area contributed by atoms with Crippen LogP contribution in [0.3, 0.4) is 0 Å². The van der Waals surface area contributed by atoms with Crippen molar-refractivity contribution < 1.29 is 8.82 Å².